The van der Waals surface area contributed by atoms with Crippen LogP contribution in [0.3, 0.4) is 0 Å². The summed E-state index contributed by atoms with van der Waals surface area (Å²) in [6.07, 6.45) is 2.87. The Kier molecular flexibility index (Phi) is 7.68. The van der Waals surface area contributed by atoms with E-state index in [4.69, 9.17) is 27.9 Å². The molecule has 0 aromatic heterocycles. The number of hydrogen-bond acceptors (Lipinski definition) is 6. The van der Waals surface area contributed by atoms with Crippen LogP contribution in [0.4, 0.5) is 33.3 Å². The summed E-state index contributed by atoms with van der Waals surface area (Å²) in [6, 6.07) is 11.0. The van der Waals surface area contributed by atoms with E-state index in [0.717, 1.165) is 10.5 Å². The number of carbonyl (C=O) groups is 4. The monoisotopic (exact) mass is 758 g/mol. The molecule has 1 saturated carbocycles. The lowest BCUT2D eigenvalue weighted by molar-refractivity contribution is -0.125. The minimum Gasteiger partial charge on any atom is -0.508 e. The van der Waals surface area contributed by atoms with Gasteiger partial charge in [0.25, 0.3) is 11.8 Å². The van der Waals surface area contributed by atoms with E-state index in [0.29, 0.717) is 29.0 Å². The maximum atomic E-state index is 15.3. The molecule has 0 bridgehead atoms. The van der Waals surface area contributed by atoms with Crippen LogP contribution in [0.2, 0.25) is 0 Å². The van der Waals surface area contributed by atoms with Gasteiger partial charge in [0.1, 0.15) is 17.2 Å². The number of carbonyl (C=O) groups excluding carboxylic acids is 4. The predicted octanol–water partition coefficient (Wildman–Crippen LogP) is 6.77. The van der Waals surface area contributed by atoms with Crippen LogP contribution in [0.15, 0.2) is 65.9 Å². The lowest BCUT2D eigenvalue weighted by Crippen LogP contribution is -2.61. The third-order valence-electron chi connectivity index (χ3n) is 11.0. The second kappa shape index (κ2) is 11.6. The molecule has 8 rings (SSSR count). The zero-order chi connectivity index (χ0) is 37.2. The molecule has 4 amide bonds. The third-order valence-corrected chi connectivity index (χ3v) is 12.4. The molecule has 3 aromatic rings. The Balaban J connectivity index is 1.30. The average molecular weight is 760 g/mol. The predicted molar refractivity (Wildman–Crippen MR) is 176 cm³/mol. The van der Waals surface area contributed by atoms with Crippen molar-refractivity contribution in [2.24, 2.45) is 23.7 Å². The van der Waals surface area contributed by atoms with Crippen LogP contribution >= 0.6 is 23.2 Å². The summed E-state index contributed by atoms with van der Waals surface area (Å²) >= 11 is 14.4. The Bertz CT molecular complexity index is 2200. The second-order valence-corrected chi connectivity index (χ2v) is 14.7. The van der Waals surface area contributed by atoms with Crippen LogP contribution in [0, 0.1) is 52.8 Å². The lowest BCUT2D eigenvalue weighted by atomic mass is 9.56. The van der Waals surface area contributed by atoms with E-state index >= 15 is 8.78 Å². The van der Waals surface area contributed by atoms with Gasteiger partial charge in [0, 0.05) is 17.9 Å². The molecule has 6 atom stereocenters. The first-order valence-corrected chi connectivity index (χ1v) is 17.0. The SMILES string of the molecule is CCc1ccc(N2C(=O)[C@H]3[C@H](CC=C4[C@H](C5=COc6ccc(O)cc6C5)[C@]5(Cl)C(=O)N(c6c(F)c(F)c(F)c(F)c6F)C(=O)[C@]5(Cl)C[C@H]43)C2=O)cc1. The molecule has 8 nitrogen and oxygen atoms in total. The Labute approximate surface area is 302 Å². The highest BCUT2D eigenvalue weighted by Crippen LogP contribution is 2.65. The lowest BCUT2D eigenvalue weighted by Gasteiger charge is -2.51. The van der Waals surface area contributed by atoms with E-state index in [-0.39, 0.29) is 29.1 Å². The molecule has 52 heavy (non-hydrogen) atoms. The molecule has 2 saturated heterocycles. The highest BCUT2D eigenvalue weighted by atomic mass is 35.5. The fourth-order valence-corrected chi connectivity index (χ4v) is 9.46. The van der Waals surface area contributed by atoms with Gasteiger partial charge in [-0.25, -0.2) is 26.9 Å². The Morgan fingerprint density at radius 2 is 1.50 bits per heavy atom. The molecule has 3 aliphatic heterocycles. The number of imide groups is 2. The van der Waals surface area contributed by atoms with Crippen LogP contribution in [0.25, 0.3) is 0 Å². The molecule has 0 spiro atoms. The van der Waals surface area contributed by atoms with Crippen LogP contribution in [-0.2, 0) is 32.0 Å². The summed E-state index contributed by atoms with van der Waals surface area (Å²) in [5, 5.41) is 10.2. The fourth-order valence-electron chi connectivity index (χ4n) is 8.51. The number of alkyl halides is 2. The van der Waals surface area contributed by atoms with Crippen LogP contribution in [-0.4, -0.2) is 38.5 Å². The number of ether oxygens (including phenoxy) is 1. The highest BCUT2D eigenvalue weighted by molar-refractivity contribution is 6.58. The number of aromatic hydroxyl groups is 1. The first-order chi connectivity index (χ1) is 24.6. The maximum absolute atomic E-state index is 15.3. The van der Waals surface area contributed by atoms with Gasteiger partial charge in [-0.15, -0.1) is 23.2 Å². The van der Waals surface area contributed by atoms with Gasteiger partial charge in [-0.2, -0.15) is 0 Å². The van der Waals surface area contributed by atoms with Gasteiger partial charge in [-0.05, 0) is 66.6 Å². The van der Waals surface area contributed by atoms with Gasteiger partial charge < -0.3 is 9.84 Å². The van der Waals surface area contributed by atoms with Crippen molar-refractivity contribution in [2.45, 2.75) is 42.4 Å². The topological polar surface area (TPSA) is 104 Å². The minimum absolute atomic E-state index is 0.00161. The Hall–Kier alpha value is -4.75. The molecule has 268 valence electrons. The number of aryl methyl sites for hydroxylation is 1. The molecule has 2 aliphatic carbocycles. The molecule has 3 aromatic carbocycles. The zero-order valence-corrected chi connectivity index (χ0v) is 28.4. The molecule has 0 radical (unpaired) electrons. The van der Waals surface area contributed by atoms with Crippen molar-refractivity contribution in [3.63, 3.8) is 0 Å². The van der Waals surface area contributed by atoms with E-state index in [9.17, 15) is 37.5 Å². The van der Waals surface area contributed by atoms with E-state index in [2.05, 4.69) is 0 Å². The Morgan fingerprint density at radius 1 is 0.846 bits per heavy atom. The number of hydrogen-bond donors (Lipinski definition) is 1. The van der Waals surface area contributed by atoms with E-state index in [1.165, 1.54) is 24.5 Å². The van der Waals surface area contributed by atoms with Gasteiger partial charge in [0.2, 0.25) is 17.6 Å². The van der Waals surface area contributed by atoms with Crippen molar-refractivity contribution < 1.29 is 51.0 Å². The fraction of sp³-hybridized carbons (Fsp3) is 0.297. The minimum atomic E-state index is -2.67. The quantitative estimate of drug-likeness (QED) is 0.0787. The zero-order valence-electron chi connectivity index (χ0n) is 26.9. The molecule has 3 fully saturated rings. The summed E-state index contributed by atoms with van der Waals surface area (Å²) in [5.74, 6) is -20.9. The first kappa shape index (κ1) is 34.3. The molecular weight excluding hydrogens is 734 g/mol. The number of halogens is 7. The van der Waals surface area contributed by atoms with Gasteiger partial charge in [-0.1, -0.05) is 30.7 Å². The second-order valence-electron chi connectivity index (χ2n) is 13.5. The van der Waals surface area contributed by atoms with Crippen LogP contribution < -0.4 is 14.5 Å². The number of phenolic OH excluding ortho intramolecular Hbond substituents is 1. The van der Waals surface area contributed by atoms with E-state index in [1.807, 2.05) is 6.92 Å². The van der Waals surface area contributed by atoms with E-state index < -0.39 is 98.2 Å². The summed E-state index contributed by atoms with van der Waals surface area (Å²) in [5.41, 5.74) is 0.325. The number of anilines is 2. The molecule has 15 heteroatoms. The van der Waals surface area contributed by atoms with Crippen molar-refractivity contribution in [2.75, 3.05) is 9.80 Å². The van der Waals surface area contributed by atoms with E-state index in [1.54, 1.807) is 30.3 Å². The van der Waals surface area contributed by atoms with Gasteiger partial charge in [0.05, 0.1) is 23.8 Å². The average Bonchev–Trinajstić information content (AvgIpc) is 3.47. The number of rotatable bonds is 4. The normalized spacial score (nSPS) is 29.3. The standard InChI is InChI=1S/C37H25Cl2F5N2O6/c1-2-15-3-5-18(6-4-15)45-32(48)21-9-8-20-22(24(21)33(45)49)13-36(38)34(50)46(31-29(43)27(41)26(40)28(42)30(31)44)35(51)37(36,39)25(20)17-11-16-12-19(47)7-10-23(16)52-14-17/h3-8,10,12,14,21-22,24-25,47H,2,9,11,13H2,1H3/t21-,22+,24-,25-,36+,37-/m0/s1. The third kappa shape index (κ3) is 4.38. The summed E-state index contributed by atoms with van der Waals surface area (Å²) in [6.45, 7) is 1.94. The summed E-state index contributed by atoms with van der Waals surface area (Å²) in [7, 11) is 0. The van der Waals surface area contributed by atoms with Crippen molar-refractivity contribution in [1.82, 2.24) is 0 Å². The van der Waals surface area contributed by atoms with Gasteiger partial charge >= 0.3 is 0 Å². The van der Waals surface area contributed by atoms with Crippen molar-refractivity contribution in [1.29, 1.82) is 0 Å². The molecule has 1 N–H and O–H groups in total. The first-order valence-electron chi connectivity index (χ1n) is 16.3. The summed E-state index contributed by atoms with van der Waals surface area (Å²) < 4.78 is 79.5. The maximum Gasteiger partial charge on any atom is 0.258 e. The Morgan fingerprint density at radius 3 is 2.15 bits per heavy atom. The molecule has 3 heterocycles. The smallest absolute Gasteiger partial charge is 0.258 e. The molecule has 0 unspecified atom stereocenters. The molecular formula is C37H25Cl2F5N2O6. The number of allylic oxidation sites excluding steroid dienone is 3. The van der Waals surface area contributed by atoms with Crippen molar-refractivity contribution in [3.05, 3.63) is 106 Å². The number of benzene rings is 3. The number of fused-ring (bicyclic) bond motifs is 5. The largest absolute Gasteiger partial charge is 0.508 e. The van der Waals surface area contributed by atoms with Crippen LogP contribution in [0.5, 0.6) is 11.5 Å². The van der Waals surface area contributed by atoms with Gasteiger partial charge in [-0.3, -0.25) is 24.1 Å². The number of nitrogens with zero attached hydrogens (tertiary/aromatic N) is 2. The van der Waals surface area contributed by atoms with Crippen LogP contribution in [0.1, 0.15) is 30.9 Å². The van der Waals surface area contributed by atoms with Gasteiger partial charge in [0.15, 0.2) is 33.0 Å². The van der Waals surface area contributed by atoms with Crippen molar-refractivity contribution in [3.8, 4) is 11.5 Å². The van der Waals surface area contributed by atoms with Crippen molar-refractivity contribution >= 4 is 58.2 Å². The highest BCUT2D eigenvalue weighted by Gasteiger charge is 2.77. The number of amides is 4. The molecule has 5 aliphatic rings. The number of phenols is 1. The summed E-state index contributed by atoms with van der Waals surface area (Å²) in [4.78, 5) is 52.6.